The molecule has 0 saturated heterocycles. The zero-order valence-electron chi connectivity index (χ0n) is 9.67. The normalized spacial score (nSPS) is 12.2. The van der Waals surface area contributed by atoms with Gasteiger partial charge in [0.05, 0.1) is 23.9 Å². The second-order valence-corrected chi connectivity index (χ2v) is 4.04. The largest absolute Gasteiger partial charge is 0.480 e. The first-order valence-corrected chi connectivity index (χ1v) is 5.53. The molecule has 1 atom stereocenters. The Hall–Kier alpha value is -1.92. The molecular weight excluding hydrogens is 254 g/mol. The van der Waals surface area contributed by atoms with Gasteiger partial charge >= 0.3 is 0 Å². The Balaban J connectivity index is 2.34. The molecule has 4 N–H and O–H groups in total. The van der Waals surface area contributed by atoms with Crippen LogP contribution in [0.5, 0.6) is 5.88 Å². The SMILES string of the molecule is COc1ccc(C(N)c2cc(Cl)cnc2N)nn1. The van der Waals surface area contributed by atoms with Crippen LogP contribution >= 0.6 is 11.6 Å². The van der Waals surface area contributed by atoms with Crippen molar-refractivity contribution in [1.82, 2.24) is 15.2 Å². The average molecular weight is 266 g/mol. The van der Waals surface area contributed by atoms with Crippen molar-refractivity contribution in [2.45, 2.75) is 6.04 Å². The summed E-state index contributed by atoms with van der Waals surface area (Å²) in [5.41, 5.74) is 13.0. The maximum absolute atomic E-state index is 6.06. The Morgan fingerprint density at radius 2 is 2.11 bits per heavy atom. The number of methoxy groups -OCH3 is 1. The number of hydrogen-bond donors (Lipinski definition) is 2. The fourth-order valence-electron chi connectivity index (χ4n) is 1.48. The van der Waals surface area contributed by atoms with Gasteiger partial charge in [-0.05, 0) is 12.1 Å². The van der Waals surface area contributed by atoms with Gasteiger partial charge in [-0.15, -0.1) is 10.2 Å². The lowest BCUT2D eigenvalue weighted by Crippen LogP contribution is -2.16. The van der Waals surface area contributed by atoms with Crippen LogP contribution in [-0.4, -0.2) is 22.3 Å². The molecule has 0 amide bonds. The number of nitrogen functional groups attached to an aromatic ring is 1. The summed E-state index contributed by atoms with van der Waals surface area (Å²) in [5.74, 6) is 0.743. The van der Waals surface area contributed by atoms with E-state index in [1.807, 2.05) is 0 Å². The molecule has 0 aromatic carbocycles. The molecule has 0 aliphatic heterocycles. The van der Waals surface area contributed by atoms with Gasteiger partial charge in [-0.3, -0.25) is 0 Å². The molecule has 0 saturated carbocycles. The van der Waals surface area contributed by atoms with Gasteiger partial charge in [0.15, 0.2) is 0 Å². The van der Waals surface area contributed by atoms with E-state index in [9.17, 15) is 0 Å². The zero-order valence-corrected chi connectivity index (χ0v) is 10.4. The van der Waals surface area contributed by atoms with Gasteiger partial charge in [-0.25, -0.2) is 4.98 Å². The number of rotatable bonds is 3. The molecule has 2 rings (SSSR count). The fourth-order valence-corrected chi connectivity index (χ4v) is 1.65. The minimum atomic E-state index is -0.533. The molecule has 0 spiro atoms. The van der Waals surface area contributed by atoms with E-state index in [0.29, 0.717) is 28.0 Å². The molecule has 2 aromatic rings. The molecule has 6 nitrogen and oxygen atoms in total. The molecule has 0 radical (unpaired) electrons. The van der Waals surface area contributed by atoms with E-state index >= 15 is 0 Å². The van der Waals surface area contributed by atoms with Crippen molar-refractivity contribution >= 4 is 17.4 Å². The zero-order chi connectivity index (χ0) is 13.1. The predicted octanol–water partition coefficient (Wildman–Crippen LogP) is 1.16. The third-order valence-electron chi connectivity index (χ3n) is 2.44. The molecule has 2 aromatic heterocycles. The first-order chi connectivity index (χ1) is 8.61. The summed E-state index contributed by atoms with van der Waals surface area (Å²) in [5, 5.41) is 8.29. The summed E-state index contributed by atoms with van der Waals surface area (Å²) in [6.45, 7) is 0. The average Bonchev–Trinajstić information content (AvgIpc) is 2.41. The van der Waals surface area contributed by atoms with E-state index < -0.39 is 6.04 Å². The lowest BCUT2D eigenvalue weighted by molar-refractivity contribution is 0.390. The van der Waals surface area contributed by atoms with Crippen LogP contribution < -0.4 is 16.2 Å². The van der Waals surface area contributed by atoms with Crippen molar-refractivity contribution in [1.29, 1.82) is 0 Å². The van der Waals surface area contributed by atoms with Gasteiger partial charge in [0.1, 0.15) is 5.82 Å². The van der Waals surface area contributed by atoms with E-state index in [-0.39, 0.29) is 0 Å². The van der Waals surface area contributed by atoms with Crippen LogP contribution in [0.15, 0.2) is 24.4 Å². The van der Waals surface area contributed by atoms with E-state index in [1.54, 1.807) is 18.2 Å². The first kappa shape index (κ1) is 12.5. The van der Waals surface area contributed by atoms with Gasteiger partial charge in [0.2, 0.25) is 5.88 Å². The number of anilines is 1. The van der Waals surface area contributed by atoms with Crippen molar-refractivity contribution < 1.29 is 4.74 Å². The third-order valence-corrected chi connectivity index (χ3v) is 2.65. The summed E-state index contributed by atoms with van der Waals surface area (Å²) in [6.07, 6.45) is 1.47. The van der Waals surface area contributed by atoms with Crippen LogP contribution in [0.25, 0.3) is 0 Å². The highest BCUT2D eigenvalue weighted by molar-refractivity contribution is 6.30. The summed E-state index contributed by atoms with van der Waals surface area (Å²) >= 11 is 5.87. The van der Waals surface area contributed by atoms with Crippen LogP contribution in [0, 0.1) is 0 Å². The quantitative estimate of drug-likeness (QED) is 0.864. The number of aromatic nitrogens is 3. The Labute approximate surface area is 109 Å². The van der Waals surface area contributed by atoms with Crippen molar-refractivity contribution in [3.8, 4) is 5.88 Å². The second kappa shape index (κ2) is 5.16. The molecular formula is C11H12ClN5O. The van der Waals surface area contributed by atoms with Gasteiger partial charge in [-0.2, -0.15) is 0 Å². The Bertz CT molecular complexity index is 546. The van der Waals surface area contributed by atoms with Crippen molar-refractivity contribution in [3.63, 3.8) is 0 Å². The highest BCUT2D eigenvalue weighted by atomic mass is 35.5. The third kappa shape index (κ3) is 2.49. The van der Waals surface area contributed by atoms with Gasteiger partial charge in [0.25, 0.3) is 0 Å². The Morgan fingerprint density at radius 3 is 2.72 bits per heavy atom. The summed E-state index contributed by atoms with van der Waals surface area (Å²) < 4.78 is 4.92. The summed E-state index contributed by atoms with van der Waals surface area (Å²) in [4.78, 5) is 3.95. The van der Waals surface area contributed by atoms with Crippen molar-refractivity contribution in [3.05, 3.63) is 40.7 Å². The van der Waals surface area contributed by atoms with Crippen LogP contribution in [-0.2, 0) is 0 Å². The minimum absolute atomic E-state index is 0.324. The molecule has 1 unspecified atom stereocenters. The maximum Gasteiger partial charge on any atom is 0.233 e. The Kier molecular flexibility index (Phi) is 3.59. The van der Waals surface area contributed by atoms with Crippen LogP contribution in [0.1, 0.15) is 17.3 Å². The maximum atomic E-state index is 6.06. The molecule has 2 heterocycles. The molecule has 0 fully saturated rings. The molecule has 0 aliphatic rings. The van der Waals surface area contributed by atoms with Gasteiger partial charge < -0.3 is 16.2 Å². The predicted molar refractivity (Wildman–Crippen MR) is 68.3 cm³/mol. The standard InChI is InChI=1S/C11H12ClN5O/c1-18-9-3-2-8(16-17-9)10(13)7-4-6(12)5-15-11(7)14/h2-5,10H,13H2,1H3,(H2,14,15). The van der Waals surface area contributed by atoms with E-state index in [0.717, 1.165) is 0 Å². The van der Waals surface area contributed by atoms with Gasteiger partial charge in [0, 0.05) is 17.8 Å². The van der Waals surface area contributed by atoms with E-state index in [1.165, 1.54) is 13.3 Å². The molecule has 18 heavy (non-hydrogen) atoms. The molecule has 7 heteroatoms. The highest BCUT2D eigenvalue weighted by Gasteiger charge is 2.15. The number of pyridine rings is 1. The lowest BCUT2D eigenvalue weighted by atomic mass is 10.1. The minimum Gasteiger partial charge on any atom is -0.480 e. The number of hydrogen-bond acceptors (Lipinski definition) is 6. The number of nitrogens with zero attached hydrogens (tertiary/aromatic N) is 3. The number of nitrogens with two attached hydrogens (primary N) is 2. The van der Waals surface area contributed by atoms with Crippen molar-refractivity contribution in [2.24, 2.45) is 5.73 Å². The van der Waals surface area contributed by atoms with Crippen LogP contribution in [0.4, 0.5) is 5.82 Å². The number of halogens is 1. The molecule has 0 aliphatic carbocycles. The topological polar surface area (TPSA) is 99.9 Å². The Morgan fingerprint density at radius 1 is 1.33 bits per heavy atom. The lowest BCUT2D eigenvalue weighted by Gasteiger charge is -2.13. The highest BCUT2D eigenvalue weighted by Crippen LogP contribution is 2.24. The number of ether oxygens (including phenoxy) is 1. The second-order valence-electron chi connectivity index (χ2n) is 3.61. The summed E-state index contributed by atoms with van der Waals surface area (Å²) in [6, 6.07) is 4.53. The molecule has 94 valence electrons. The first-order valence-electron chi connectivity index (χ1n) is 5.16. The van der Waals surface area contributed by atoms with E-state index in [2.05, 4.69) is 15.2 Å². The smallest absolute Gasteiger partial charge is 0.233 e. The molecule has 0 bridgehead atoms. The fraction of sp³-hybridized carbons (Fsp3) is 0.182. The van der Waals surface area contributed by atoms with Gasteiger partial charge in [-0.1, -0.05) is 11.6 Å². The van der Waals surface area contributed by atoms with Crippen LogP contribution in [0.3, 0.4) is 0 Å². The van der Waals surface area contributed by atoms with E-state index in [4.69, 9.17) is 27.8 Å². The van der Waals surface area contributed by atoms with Crippen molar-refractivity contribution in [2.75, 3.05) is 12.8 Å². The monoisotopic (exact) mass is 265 g/mol. The van der Waals surface area contributed by atoms with Crippen LogP contribution in [0.2, 0.25) is 5.02 Å². The summed E-state index contributed by atoms with van der Waals surface area (Å²) in [7, 11) is 1.52.